The van der Waals surface area contributed by atoms with Crippen LogP contribution in [0.15, 0.2) is 35.2 Å². The number of nitrogens with one attached hydrogen (secondary N) is 1. The monoisotopic (exact) mass is 420 g/mol. The molecule has 2 saturated heterocycles. The molecule has 1 aromatic rings. The molecule has 1 N–H and O–H groups in total. The average Bonchev–Trinajstić information content (AvgIpc) is 3.42. The maximum atomic E-state index is 12.4. The van der Waals surface area contributed by atoms with Crippen LogP contribution in [0.25, 0.3) is 0 Å². The Labute approximate surface area is 171 Å². The summed E-state index contributed by atoms with van der Waals surface area (Å²) in [6.45, 7) is 2.29. The molecular weight excluding hydrogens is 392 g/mol. The van der Waals surface area contributed by atoms with E-state index in [1.807, 2.05) is 0 Å². The van der Waals surface area contributed by atoms with Crippen molar-refractivity contribution in [3.63, 3.8) is 0 Å². The maximum Gasteiger partial charge on any atom is 0.223 e. The van der Waals surface area contributed by atoms with Crippen LogP contribution in [0.5, 0.6) is 0 Å². The quantitative estimate of drug-likeness (QED) is 0.686. The van der Waals surface area contributed by atoms with E-state index in [0.717, 1.165) is 13.0 Å². The summed E-state index contributed by atoms with van der Waals surface area (Å²) in [5, 5.41) is 2.99. The lowest BCUT2D eigenvalue weighted by molar-refractivity contribution is -0.157. The van der Waals surface area contributed by atoms with Crippen LogP contribution in [0.4, 0.5) is 0 Å². The molecule has 1 atom stereocenters. The van der Waals surface area contributed by atoms with Crippen LogP contribution in [0.2, 0.25) is 0 Å². The molecule has 1 aliphatic carbocycles. The van der Waals surface area contributed by atoms with Gasteiger partial charge in [-0.15, -0.1) is 0 Å². The van der Waals surface area contributed by atoms with Crippen LogP contribution in [0.1, 0.15) is 32.1 Å². The van der Waals surface area contributed by atoms with Crippen LogP contribution >= 0.6 is 0 Å². The van der Waals surface area contributed by atoms with Gasteiger partial charge in [-0.05, 0) is 43.2 Å². The van der Waals surface area contributed by atoms with Crippen molar-refractivity contribution in [2.24, 2.45) is 11.8 Å². The van der Waals surface area contributed by atoms with E-state index >= 15 is 0 Å². The summed E-state index contributed by atoms with van der Waals surface area (Å²) in [4.78, 5) is 26.3. The van der Waals surface area contributed by atoms with Gasteiger partial charge in [-0.2, -0.15) is 0 Å². The normalized spacial score (nSPS) is 23.0. The van der Waals surface area contributed by atoms with Crippen molar-refractivity contribution in [3.8, 4) is 0 Å². The number of sulfone groups is 1. The summed E-state index contributed by atoms with van der Waals surface area (Å²) in [6.07, 6.45) is 3.65. The Morgan fingerprint density at radius 1 is 1.14 bits per heavy atom. The van der Waals surface area contributed by atoms with Gasteiger partial charge in [0.1, 0.15) is 5.60 Å². The third kappa shape index (κ3) is 4.98. The Morgan fingerprint density at radius 2 is 1.86 bits per heavy atom. The highest BCUT2D eigenvalue weighted by Crippen LogP contribution is 2.39. The molecule has 1 aromatic carbocycles. The Hall–Kier alpha value is -1.93. The summed E-state index contributed by atoms with van der Waals surface area (Å²) in [5.74, 6) is 0.585. The van der Waals surface area contributed by atoms with E-state index in [2.05, 4.69) is 5.32 Å². The van der Waals surface area contributed by atoms with Gasteiger partial charge in [0.15, 0.2) is 9.84 Å². The zero-order chi connectivity index (χ0) is 20.5. The minimum atomic E-state index is -3.45. The van der Waals surface area contributed by atoms with Gasteiger partial charge < -0.3 is 15.0 Å². The van der Waals surface area contributed by atoms with Crippen molar-refractivity contribution in [1.82, 2.24) is 10.2 Å². The molecule has 0 bridgehead atoms. The third-order valence-electron chi connectivity index (χ3n) is 6.04. The molecule has 1 saturated carbocycles. The number of hydrogen-bond donors (Lipinski definition) is 1. The third-order valence-corrected chi connectivity index (χ3v) is 7.77. The average molecular weight is 421 g/mol. The highest BCUT2D eigenvalue weighted by Gasteiger charge is 2.51. The topological polar surface area (TPSA) is 92.8 Å². The fraction of sp³-hybridized carbons (Fsp3) is 0.619. The number of carbonyl (C=O) groups excluding carboxylic acids is 2. The molecule has 1 spiro atoms. The van der Waals surface area contributed by atoms with Gasteiger partial charge in [0.05, 0.1) is 30.3 Å². The fourth-order valence-corrected chi connectivity index (χ4v) is 5.41. The molecule has 0 aromatic heterocycles. The smallest absolute Gasteiger partial charge is 0.223 e. The Morgan fingerprint density at radius 3 is 2.55 bits per heavy atom. The molecule has 4 rings (SSSR count). The van der Waals surface area contributed by atoms with Gasteiger partial charge in [0, 0.05) is 19.4 Å². The second-order valence-corrected chi connectivity index (χ2v) is 10.8. The number of likely N-dealkylation sites (tertiary alicyclic amines) is 1. The number of nitrogens with zero attached hydrogens (tertiary/aromatic N) is 1. The summed E-state index contributed by atoms with van der Waals surface area (Å²) in [5.41, 5.74) is -0.352. The number of ether oxygens (including phenoxy) is 1. The molecular formula is C21H28N2O5S. The zero-order valence-electron chi connectivity index (χ0n) is 16.5. The van der Waals surface area contributed by atoms with Gasteiger partial charge in [-0.3, -0.25) is 9.59 Å². The Bertz CT molecular complexity index is 860. The molecule has 29 heavy (non-hydrogen) atoms. The standard InChI is InChI=1S/C21H28N2O5S/c24-19(22-12-16-6-7-16)10-17-11-21(28-13-17)14-23(15-21)20(25)8-9-29(26,27)18-4-2-1-3-5-18/h1-5,16-17H,6-15H2,(H,22,24). The number of carbonyl (C=O) groups is 2. The summed E-state index contributed by atoms with van der Waals surface area (Å²) in [6, 6.07) is 8.20. The molecule has 2 aliphatic heterocycles. The highest BCUT2D eigenvalue weighted by atomic mass is 32.2. The fourth-order valence-electron chi connectivity index (χ4n) is 4.16. The van der Waals surface area contributed by atoms with E-state index < -0.39 is 9.84 Å². The molecule has 2 amide bonds. The van der Waals surface area contributed by atoms with E-state index in [-0.39, 0.29) is 40.4 Å². The Kier molecular flexibility index (Phi) is 5.66. The number of hydrogen-bond acceptors (Lipinski definition) is 5. The van der Waals surface area contributed by atoms with E-state index in [1.54, 1.807) is 35.2 Å². The van der Waals surface area contributed by atoms with Crippen molar-refractivity contribution in [1.29, 1.82) is 0 Å². The largest absolute Gasteiger partial charge is 0.371 e. The van der Waals surface area contributed by atoms with Gasteiger partial charge >= 0.3 is 0 Å². The number of rotatable bonds is 8. The molecule has 3 fully saturated rings. The van der Waals surface area contributed by atoms with Crippen LogP contribution in [-0.4, -0.2) is 62.7 Å². The van der Waals surface area contributed by atoms with E-state index in [4.69, 9.17) is 4.74 Å². The lowest BCUT2D eigenvalue weighted by atomic mass is 9.85. The van der Waals surface area contributed by atoms with Crippen molar-refractivity contribution in [2.45, 2.75) is 42.6 Å². The SMILES string of the molecule is O=C(CC1COC2(C1)CN(C(=O)CCS(=O)(=O)c1ccccc1)C2)NCC1CC1. The second kappa shape index (κ2) is 8.07. The molecule has 8 heteroatoms. The highest BCUT2D eigenvalue weighted by molar-refractivity contribution is 7.91. The van der Waals surface area contributed by atoms with Crippen molar-refractivity contribution in [2.75, 3.05) is 32.0 Å². The van der Waals surface area contributed by atoms with Crippen LogP contribution < -0.4 is 5.32 Å². The van der Waals surface area contributed by atoms with E-state index in [1.165, 1.54) is 12.8 Å². The van der Waals surface area contributed by atoms with Crippen LogP contribution in [-0.2, 0) is 24.2 Å². The molecule has 3 aliphatic rings. The summed E-state index contributed by atoms with van der Waals surface area (Å²) >= 11 is 0. The number of amides is 2. The first-order valence-corrected chi connectivity index (χ1v) is 12.0. The van der Waals surface area contributed by atoms with Gasteiger partial charge in [-0.1, -0.05) is 18.2 Å². The van der Waals surface area contributed by atoms with Crippen LogP contribution in [0, 0.1) is 11.8 Å². The van der Waals surface area contributed by atoms with Crippen molar-refractivity contribution >= 4 is 21.7 Å². The molecule has 158 valence electrons. The predicted molar refractivity (Wildman–Crippen MR) is 107 cm³/mol. The van der Waals surface area contributed by atoms with Crippen molar-refractivity contribution < 1.29 is 22.7 Å². The minimum absolute atomic E-state index is 0.0275. The van der Waals surface area contributed by atoms with Gasteiger partial charge in [0.25, 0.3) is 0 Å². The first-order chi connectivity index (χ1) is 13.9. The first kappa shape index (κ1) is 20.3. The van der Waals surface area contributed by atoms with E-state index in [9.17, 15) is 18.0 Å². The zero-order valence-corrected chi connectivity index (χ0v) is 17.3. The first-order valence-electron chi connectivity index (χ1n) is 10.3. The second-order valence-electron chi connectivity index (χ2n) is 8.65. The van der Waals surface area contributed by atoms with Gasteiger partial charge in [-0.25, -0.2) is 8.42 Å². The lowest BCUT2D eigenvalue weighted by Crippen LogP contribution is -2.63. The lowest BCUT2D eigenvalue weighted by Gasteiger charge is -2.47. The molecule has 7 nitrogen and oxygen atoms in total. The predicted octanol–water partition coefficient (Wildman–Crippen LogP) is 1.38. The molecule has 1 unspecified atom stereocenters. The molecule has 2 heterocycles. The van der Waals surface area contributed by atoms with Crippen molar-refractivity contribution in [3.05, 3.63) is 30.3 Å². The minimum Gasteiger partial charge on any atom is -0.371 e. The summed E-state index contributed by atoms with van der Waals surface area (Å²) < 4.78 is 30.6. The Balaban J connectivity index is 1.19. The van der Waals surface area contributed by atoms with E-state index in [0.29, 0.717) is 32.0 Å². The van der Waals surface area contributed by atoms with Crippen LogP contribution in [0.3, 0.4) is 0 Å². The summed E-state index contributed by atoms with van der Waals surface area (Å²) in [7, 11) is -3.45. The molecule has 0 radical (unpaired) electrons. The number of benzene rings is 1. The maximum absolute atomic E-state index is 12.4. The van der Waals surface area contributed by atoms with Gasteiger partial charge in [0.2, 0.25) is 11.8 Å².